The summed E-state index contributed by atoms with van der Waals surface area (Å²) in [6.07, 6.45) is 1.22. The summed E-state index contributed by atoms with van der Waals surface area (Å²) in [5.41, 5.74) is 1.31. The molecule has 0 atom stereocenters. The van der Waals surface area contributed by atoms with E-state index in [-0.39, 0.29) is 17.2 Å². The number of oxazole rings is 1. The van der Waals surface area contributed by atoms with Crippen LogP contribution in [0, 0.1) is 12.7 Å². The normalized spacial score (nSPS) is 10.7. The van der Waals surface area contributed by atoms with Gasteiger partial charge in [-0.15, -0.1) is 0 Å². The Morgan fingerprint density at radius 3 is 2.79 bits per heavy atom. The molecule has 19 heavy (non-hydrogen) atoms. The van der Waals surface area contributed by atoms with Crippen LogP contribution in [0.5, 0.6) is 0 Å². The molecule has 0 radical (unpaired) electrons. The van der Waals surface area contributed by atoms with Gasteiger partial charge in [-0.05, 0) is 31.0 Å². The van der Waals surface area contributed by atoms with E-state index < -0.39 is 11.8 Å². The van der Waals surface area contributed by atoms with Crippen molar-refractivity contribution in [1.29, 1.82) is 0 Å². The van der Waals surface area contributed by atoms with Crippen molar-refractivity contribution >= 4 is 5.97 Å². The topological polar surface area (TPSA) is 63.3 Å². The van der Waals surface area contributed by atoms with Crippen LogP contribution >= 0.6 is 0 Å². The van der Waals surface area contributed by atoms with Crippen molar-refractivity contribution in [2.75, 3.05) is 0 Å². The smallest absolute Gasteiger partial charge is 0.373 e. The van der Waals surface area contributed by atoms with Crippen LogP contribution in [0.15, 0.2) is 22.6 Å². The average molecular weight is 263 g/mol. The summed E-state index contributed by atoms with van der Waals surface area (Å²) >= 11 is 0. The van der Waals surface area contributed by atoms with Gasteiger partial charge in [0.1, 0.15) is 5.82 Å². The van der Waals surface area contributed by atoms with E-state index in [1.807, 2.05) is 6.92 Å². The van der Waals surface area contributed by atoms with Crippen LogP contribution in [-0.2, 0) is 6.42 Å². The number of aryl methyl sites for hydroxylation is 2. The molecule has 1 N–H and O–H groups in total. The fourth-order valence-electron chi connectivity index (χ4n) is 1.83. The minimum Gasteiger partial charge on any atom is -0.475 e. The number of carboxylic acid groups (broad SMARTS) is 1. The summed E-state index contributed by atoms with van der Waals surface area (Å²) in [4.78, 5) is 15.1. The number of rotatable bonds is 4. The highest BCUT2D eigenvalue weighted by Gasteiger charge is 2.21. The maximum Gasteiger partial charge on any atom is 0.373 e. The number of halogens is 1. The molecule has 0 bridgehead atoms. The first-order valence-corrected chi connectivity index (χ1v) is 6.02. The summed E-state index contributed by atoms with van der Waals surface area (Å²) in [6.45, 7) is 3.68. The lowest BCUT2D eigenvalue weighted by Gasteiger charge is -1.99. The third kappa shape index (κ3) is 2.65. The minimum atomic E-state index is -1.19. The van der Waals surface area contributed by atoms with E-state index in [0.717, 1.165) is 12.0 Å². The lowest BCUT2D eigenvalue weighted by atomic mass is 10.1. The number of aromatic carboxylic acids is 1. The quantitative estimate of drug-likeness (QED) is 0.917. The Kier molecular flexibility index (Phi) is 3.64. The second-order valence-electron chi connectivity index (χ2n) is 4.33. The molecular formula is C14H14FNO3. The Hall–Kier alpha value is -2.17. The Labute approximate surface area is 109 Å². The largest absolute Gasteiger partial charge is 0.475 e. The molecule has 5 heteroatoms. The SMILES string of the molecule is CCCc1nc(-c2ccc(C)cc2F)oc1C(=O)O. The molecule has 0 spiro atoms. The molecule has 0 fully saturated rings. The predicted octanol–water partition coefficient (Wildman–Crippen LogP) is 3.44. The van der Waals surface area contributed by atoms with Crippen LogP contribution in [0.4, 0.5) is 4.39 Å². The van der Waals surface area contributed by atoms with Gasteiger partial charge in [0.15, 0.2) is 0 Å². The van der Waals surface area contributed by atoms with Crippen molar-refractivity contribution in [3.8, 4) is 11.5 Å². The molecule has 1 aromatic carbocycles. The summed E-state index contributed by atoms with van der Waals surface area (Å²) < 4.78 is 19.0. The highest BCUT2D eigenvalue weighted by atomic mass is 19.1. The first-order chi connectivity index (χ1) is 9.02. The number of benzene rings is 1. The van der Waals surface area contributed by atoms with Gasteiger partial charge >= 0.3 is 5.97 Å². The first kappa shape index (κ1) is 13.3. The summed E-state index contributed by atoms with van der Waals surface area (Å²) in [5, 5.41) is 9.04. The van der Waals surface area contributed by atoms with E-state index in [9.17, 15) is 9.18 Å². The van der Waals surface area contributed by atoms with Gasteiger partial charge in [0.25, 0.3) is 0 Å². The van der Waals surface area contributed by atoms with E-state index in [1.165, 1.54) is 12.1 Å². The van der Waals surface area contributed by atoms with Crippen molar-refractivity contribution in [3.05, 3.63) is 41.0 Å². The lowest BCUT2D eigenvalue weighted by Crippen LogP contribution is -1.99. The van der Waals surface area contributed by atoms with Crippen molar-refractivity contribution in [2.45, 2.75) is 26.7 Å². The maximum absolute atomic E-state index is 13.8. The fraction of sp³-hybridized carbons (Fsp3) is 0.286. The molecule has 2 aromatic rings. The van der Waals surface area contributed by atoms with E-state index in [1.54, 1.807) is 13.0 Å². The van der Waals surface area contributed by atoms with Gasteiger partial charge < -0.3 is 9.52 Å². The second-order valence-corrected chi connectivity index (χ2v) is 4.33. The lowest BCUT2D eigenvalue weighted by molar-refractivity contribution is 0.0661. The monoisotopic (exact) mass is 263 g/mol. The maximum atomic E-state index is 13.8. The number of aromatic nitrogens is 1. The van der Waals surface area contributed by atoms with Gasteiger partial charge in [-0.3, -0.25) is 0 Å². The van der Waals surface area contributed by atoms with Crippen molar-refractivity contribution < 1.29 is 18.7 Å². The highest BCUT2D eigenvalue weighted by molar-refractivity contribution is 5.86. The van der Waals surface area contributed by atoms with E-state index in [0.29, 0.717) is 12.1 Å². The molecule has 0 unspecified atom stereocenters. The van der Waals surface area contributed by atoms with Crippen LogP contribution in [0.25, 0.3) is 11.5 Å². The molecule has 0 amide bonds. The third-order valence-corrected chi connectivity index (χ3v) is 2.73. The zero-order valence-electron chi connectivity index (χ0n) is 10.7. The molecule has 1 aromatic heterocycles. The summed E-state index contributed by atoms with van der Waals surface area (Å²) in [6, 6.07) is 4.62. The van der Waals surface area contributed by atoms with Crippen LogP contribution in [0.1, 0.15) is 35.2 Å². The minimum absolute atomic E-state index is 0.0124. The number of nitrogens with zero attached hydrogens (tertiary/aromatic N) is 1. The fourth-order valence-corrected chi connectivity index (χ4v) is 1.83. The predicted molar refractivity (Wildman–Crippen MR) is 67.6 cm³/mol. The molecule has 4 nitrogen and oxygen atoms in total. The molecule has 0 aliphatic carbocycles. The summed E-state index contributed by atoms with van der Waals surface area (Å²) in [7, 11) is 0. The zero-order valence-corrected chi connectivity index (χ0v) is 10.7. The van der Waals surface area contributed by atoms with E-state index in [4.69, 9.17) is 9.52 Å². The standard InChI is InChI=1S/C14H14FNO3/c1-3-4-11-12(14(17)18)19-13(16-11)9-6-5-8(2)7-10(9)15/h5-7H,3-4H2,1-2H3,(H,17,18). The average Bonchev–Trinajstić information content (AvgIpc) is 2.73. The van der Waals surface area contributed by atoms with E-state index >= 15 is 0 Å². The van der Waals surface area contributed by atoms with Gasteiger partial charge in [0.2, 0.25) is 11.7 Å². The number of carboxylic acids is 1. The Bertz CT molecular complexity index is 619. The van der Waals surface area contributed by atoms with Gasteiger partial charge in [-0.25, -0.2) is 14.2 Å². The van der Waals surface area contributed by atoms with Crippen molar-refractivity contribution in [3.63, 3.8) is 0 Å². The molecular weight excluding hydrogens is 249 g/mol. The molecule has 0 saturated carbocycles. The Morgan fingerprint density at radius 2 is 2.21 bits per heavy atom. The number of carbonyl (C=O) groups is 1. The van der Waals surface area contributed by atoms with Crippen molar-refractivity contribution in [2.24, 2.45) is 0 Å². The molecule has 0 aliphatic rings. The van der Waals surface area contributed by atoms with Gasteiger partial charge in [-0.2, -0.15) is 0 Å². The zero-order chi connectivity index (χ0) is 14.0. The number of hydrogen-bond donors (Lipinski definition) is 1. The van der Waals surface area contributed by atoms with Gasteiger partial charge in [0.05, 0.1) is 11.3 Å². The Morgan fingerprint density at radius 1 is 1.47 bits per heavy atom. The van der Waals surface area contributed by atoms with Crippen LogP contribution in [-0.4, -0.2) is 16.1 Å². The second kappa shape index (κ2) is 5.22. The third-order valence-electron chi connectivity index (χ3n) is 2.73. The van der Waals surface area contributed by atoms with Crippen LogP contribution < -0.4 is 0 Å². The molecule has 100 valence electrons. The number of hydrogen-bond acceptors (Lipinski definition) is 3. The molecule has 2 rings (SSSR count). The highest BCUT2D eigenvalue weighted by Crippen LogP contribution is 2.26. The van der Waals surface area contributed by atoms with Crippen LogP contribution in [0.2, 0.25) is 0 Å². The summed E-state index contributed by atoms with van der Waals surface area (Å²) in [5.74, 6) is -1.86. The molecule has 0 aliphatic heterocycles. The Balaban J connectivity index is 2.50. The van der Waals surface area contributed by atoms with Gasteiger partial charge in [0, 0.05) is 0 Å². The van der Waals surface area contributed by atoms with Crippen LogP contribution in [0.3, 0.4) is 0 Å². The molecule has 1 heterocycles. The first-order valence-electron chi connectivity index (χ1n) is 6.02. The van der Waals surface area contributed by atoms with E-state index in [2.05, 4.69) is 4.98 Å². The van der Waals surface area contributed by atoms with Crippen molar-refractivity contribution in [1.82, 2.24) is 4.98 Å². The molecule has 0 saturated heterocycles. The van der Waals surface area contributed by atoms with Gasteiger partial charge in [-0.1, -0.05) is 19.4 Å².